The Bertz CT molecular complexity index is 351. The number of nitrogens with two attached hydrogens (primary N) is 1. The molecule has 0 spiro atoms. The Balaban J connectivity index is 2.53. The number of hydrogen-bond donors (Lipinski definition) is 2. The molecule has 16 heavy (non-hydrogen) atoms. The van der Waals surface area contributed by atoms with Gasteiger partial charge in [-0.25, -0.2) is 0 Å². The molecular weight excluding hydrogens is 225 g/mol. The summed E-state index contributed by atoms with van der Waals surface area (Å²) >= 11 is 0. The maximum Gasteiger partial charge on any atom is 0.325 e. The molecule has 0 aromatic heterocycles. The molecule has 0 aliphatic carbocycles. The van der Waals surface area contributed by atoms with Gasteiger partial charge in [0, 0.05) is 0 Å². The van der Waals surface area contributed by atoms with Crippen LogP contribution in [0.15, 0.2) is 24.3 Å². The van der Waals surface area contributed by atoms with Gasteiger partial charge in [0.25, 0.3) is 0 Å². The van der Waals surface area contributed by atoms with Crippen molar-refractivity contribution in [1.29, 1.82) is 0 Å². The highest BCUT2D eigenvalue weighted by Gasteiger charge is 2.16. The standard InChI is InChI=1S/C11H16NO3P/c1-16(2)15-11(14)10(12)7-8-3-5-9(13)6-4-8/h3-6,10,13H,7,12H2,1-2H3/t10-/m0/s1. The van der Waals surface area contributed by atoms with Gasteiger partial charge in [-0.3, -0.25) is 4.79 Å². The van der Waals surface area contributed by atoms with Crippen LogP contribution >= 0.6 is 8.15 Å². The zero-order chi connectivity index (χ0) is 12.1. The first kappa shape index (κ1) is 12.9. The first-order chi connectivity index (χ1) is 7.49. The predicted octanol–water partition coefficient (Wildman–Crippen LogP) is 1.46. The zero-order valence-corrected chi connectivity index (χ0v) is 10.3. The van der Waals surface area contributed by atoms with Crippen molar-refractivity contribution in [2.75, 3.05) is 13.3 Å². The summed E-state index contributed by atoms with van der Waals surface area (Å²) < 4.78 is 5.06. The highest BCUT2D eigenvalue weighted by atomic mass is 31.1. The number of carbonyl (C=O) groups excluding carboxylic acids is 1. The van der Waals surface area contributed by atoms with Crippen LogP contribution in [-0.4, -0.2) is 30.4 Å². The van der Waals surface area contributed by atoms with Crippen LogP contribution < -0.4 is 5.73 Å². The molecule has 0 amide bonds. The highest BCUT2D eigenvalue weighted by molar-refractivity contribution is 7.51. The normalized spacial score (nSPS) is 12.5. The van der Waals surface area contributed by atoms with Gasteiger partial charge in [0.1, 0.15) is 11.8 Å². The second-order valence-electron chi connectivity index (χ2n) is 3.70. The van der Waals surface area contributed by atoms with Crippen molar-refractivity contribution in [3.63, 3.8) is 0 Å². The molecule has 0 saturated carbocycles. The van der Waals surface area contributed by atoms with E-state index in [1.165, 1.54) is 0 Å². The Labute approximate surface area is 96.3 Å². The number of hydrogen-bond acceptors (Lipinski definition) is 4. The lowest BCUT2D eigenvalue weighted by atomic mass is 10.1. The lowest BCUT2D eigenvalue weighted by Crippen LogP contribution is -2.33. The first-order valence-electron chi connectivity index (χ1n) is 4.91. The summed E-state index contributed by atoms with van der Waals surface area (Å²) in [6.45, 7) is 3.70. The second-order valence-corrected chi connectivity index (χ2v) is 5.51. The SMILES string of the molecule is CP(C)OC(=O)[C@@H](N)Cc1ccc(O)cc1. The highest BCUT2D eigenvalue weighted by Crippen LogP contribution is 2.26. The van der Waals surface area contributed by atoms with Crippen LogP contribution in [0, 0.1) is 0 Å². The second kappa shape index (κ2) is 5.83. The van der Waals surface area contributed by atoms with Crippen molar-refractivity contribution in [1.82, 2.24) is 0 Å². The number of benzene rings is 1. The van der Waals surface area contributed by atoms with Gasteiger partial charge in [-0.15, -0.1) is 0 Å². The van der Waals surface area contributed by atoms with Crippen molar-refractivity contribution in [2.45, 2.75) is 12.5 Å². The molecule has 1 aromatic rings. The third kappa shape index (κ3) is 4.17. The molecule has 1 rings (SSSR count). The van der Waals surface area contributed by atoms with E-state index in [9.17, 15) is 4.79 Å². The number of rotatable bonds is 4. The summed E-state index contributed by atoms with van der Waals surface area (Å²) in [7, 11) is -0.722. The fraction of sp³-hybridized carbons (Fsp3) is 0.364. The van der Waals surface area contributed by atoms with Gasteiger partial charge in [-0.05, 0) is 37.4 Å². The van der Waals surface area contributed by atoms with Crippen LogP contribution in [0.5, 0.6) is 5.75 Å². The molecule has 0 bridgehead atoms. The maximum absolute atomic E-state index is 11.4. The van der Waals surface area contributed by atoms with Gasteiger partial charge in [0.15, 0.2) is 0 Å². The van der Waals surface area contributed by atoms with Crippen LogP contribution in [0.3, 0.4) is 0 Å². The molecule has 4 nitrogen and oxygen atoms in total. The molecule has 1 aromatic carbocycles. The predicted molar refractivity (Wildman–Crippen MR) is 64.6 cm³/mol. The number of phenols is 1. The smallest absolute Gasteiger partial charge is 0.325 e. The Morgan fingerprint density at radius 2 is 2.00 bits per heavy atom. The van der Waals surface area contributed by atoms with Gasteiger partial charge in [-0.1, -0.05) is 12.1 Å². The summed E-state index contributed by atoms with van der Waals surface area (Å²) in [6, 6.07) is 5.97. The summed E-state index contributed by atoms with van der Waals surface area (Å²) in [5, 5.41) is 9.10. The average molecular weight is 241 g/mol. The van der Waals surface area contributed by atoms with Crippen molar-refractivity contribution < 1.29 is 14.4 Å². The van der Waals surface area contributed by atoms with Crippen LogP contribution in [0.2, 0.25) is 0 Å². The Morgan fingerprint density at radius 3 is 2.50 bits per heavy atom. The molecule has 0 fully saturated rings. The molecule has 88 valence electrons. The Morgan fingerprint density at radius 1 is 1.44 bits per heavy atom. The molecule has 0 unspecified atom stereocenters. The molecule has 0 heterocycles. The quantitative estimate of drug-likeness (QED) is 0.783. The third-order valence-electron chi connectivity index (χ3n) is 1.97. The molecule has 5 heteroatoms. The van der Waals surface area contributed by atoms with E-state index in [1.807, 2.05) is 13.3 Å². The summed E-state index contributed by atoms with van der Waals surface area (Å²) in [5.74, 6) is -0.172. The summed E-state index contributed by atoms with van der Waals surface area (Å²) in [5.41, 5.74) is 6.61. The number of phenolic OH excluding ortho intramolecular Hbond substituents is 1. The fourth-order valence-electron chi connectivity index (χ4n) is 1.22. The van der Waals surface area contributed by atoms with Gasteiger partial charge in [-0.2, -0.15) is 0 Å². The lowest BCUT2D eigenvalue weighted by molar-refractivity contribution is -0.135. The van der Waals surface area contributed by atoms with Gasteiger partial charge in [0.05, 0.1) is 8.15 Å². The Kier molecular flexibility index (Phi) is 4.71. The number of carbonyl (C=O) groups is 1. The minimum absolute atomic E-state index is 0.200. The number of aromatic hydroxyl groups is 1. The topological polar surface area (TPSA) is 72.5 Å². The minimum Gasteiger partial charge on any atom is -0.508 e. The third-order valence-corrected chi connectivity index (χ3v) is 2.51. The minimum atomic E-state index is -0.722. The molecule has 0 aliphatic heterocycles. The molecule has 0 saturated heterocycles. The lowest BCUT2D eigenvalue weighted by Gasteiger charge is -2.13. The monoisotopic (exact) mass is 241 g/mol. The Hall–Kier alpha value is -1.12. The molecule has 1 atom stereocenters. The maximum atomic E-state index is 11.4. The largest absolute Gasteiger partial charge is 0.508 e. The molecule has 3 N–H and O–H groups in total. The van der Waals surface area contributed by atoms with Crippen LogP contribution in [-0.2, 0) is 15.7 Å². The molecule has 0 radical (unpaired) electrons. The van der Waals surface area contributed by atoms with E-state index in [0.717, 1.165) is 5.56 Å². The van der Waals surface area contributed by atoms with Crippen LogP contribution in [0.25, 0.3) is 0 Å². The fourth-order valence-corrected chi connectivity index (χ4v) is 1.71. The van der Waals surface area contributed by atoms with Crippen molar-refractivity contribution >= 4 is 14.1 Å². The van der Waals surface area contributed by atoms with Crippen molar-refractivity contribution in [3.8, 4) is 5.75 Å². The van der Waals surface area contributed by atoms with Crippen LogP contribution in [0.1, 0.15) is 5.56 Å². The van der Waals surface area contributed by atoms with Gasteiger partial charge in [0.2, 0.25) is 0 Å². The van der Waals surface area contributed by atoms with E-state index in [1.54, 1.807) is 24.3 Å². The van der Waals surface area contributed by atoms with Gasteiger partial charge >= 0.3 is 5.97 Å². The summed E-state index contributed by atoms with van der Waals surface area (Å²) in [4.78, 5) is 11.4. The molecule has 0 aliphatic rings. The molecular formula is C11H16NO3P. The first-order valence-corrected chi connectivity index (χ1v) is 7.07. The van der Waals surface area contributed by atoms with E-state index in [0.29, 0.717) is 6.42 Å². The van der Waals surface area contributed by atoms with E-state index in [4.69, 9.17) is 15.4 Å². The zero-order valence-electron chi connectivity index (χ0n) is 9.38. The van der Waals surface area contributed by atoms with Crippen molar-refractivity contribution in [3.05, 3.63) is 29.8 Å². The van der Waals surface area contributed by atoms with E-state index in [-0.39, 0.29) is 11.7 Å². The average Bonchev–Trinajstić information content (AvgIpc) is 2.20. The van der Waals surface area contributed by atoms with Gasteiger partial charge < -0.3 is 15.4 Å². The van der Waals surface area contributed by atoms with Crippen molar-refractivity contribution in [2.24, 2.45) is 5.73 Å². The van der Waals surface area contributed by atoms with E-state index < -0.39 is 14.2 Å². The van der Waals surface area contributed by atoms with E-state index >= 15 is 0 Å². The van der Waals surface area contributed by atoms with Crippen LogP contribution in [0.4, 0.5) is 0 Å². The summed E-state index contributed by atoms with van der Waals surface area (Å²) in [6.07, 6.45) is 0.419. The van der Waals surface area contributed by atoms with E-state index in [2.05, 4.69) is 0 Å².